The molecule has 0 atom stereocenters. The number of amides is 1. The number of aromatic nitrogens is 2. The van der Waals surface area contributed by atoms with E-state index in [0.717, 1.165) is 12.8 Å². The van der Waals surface area contributed by atoms with Gasteiger partial charge in [-0.1, -0.05) is 6.92 Å². The lowest BCUT2D eigenvalue weighted by Gasteiger charge is -2.36. The van der Waals surface area contributed by atoms with Gasteiger partial charge >= 0.3 is 5.69 Å². The molecule has 1 aliphatic rings. The lowest BCUT2D eigenvalue weighted by atomic mass is 10.0. The van der Waals surface area contributed by atoms with Crippen molar-refractivity contribution < 1.29 is 9.72 Å². The van der Waals surface area contributed by atoms with Gasteiger partial charge in [0.25, 0.3) is 0 Å². The van der Waals surface area contributed by atoms with Crippen molar-refractivity contribution in [3.8, 4) is 0 Å². The van der Waals surface area contributed by atoms with Crippen LogP contribution in [0.1, 0.15) is 32.4 Å². The highest BCUT2D eigenvalue weighted by atomic mass is 16.6. The molecule has 0 N–H and O–H groups in total. The number of nitro groups is 1. The van der Waals surface area contributed by atoms with E-state index in [2.05, 4.69) is 5.10 Å². The van der Waals surface area contributed by atoms with Crippen LogP contribution in [0, 0.1) is 10.1 Å². The maximum absolute atomic E-state index is 11.4. The van der Waals surface area contributed by atoms with E-state index in [1.165, 1.54) is 0 Å². The molecule has 122 valence electrons. The number of hydrogen-bond donors (Lipinski definition) is 0. The quantitative estimate of drug-likeness (QED) is 0.619. The van der Waals surface area contributed by atoms with Crippen LogP contribution in [-0.4, -0.2) is 51.7 Å². The van der Waals surface area contributed by atoms with Crippen molar-refractivity contribution >= 4 is 17.4 Å². The van der Waals surface area contributed by atoms with Crippen LogP contribution in [0.3, 0.4) is 0 Å². The fourth-order valence-electron chi connectivity index (χ4n) is 3.06. The number of rotatable bonds is 4. The summed E-state index contributed by atoms with van der Waals surface area (Å²) in [6.07, 6.45) is 2.15. The molecule has 8 nitrogen and oxygen atoms in total. The SMILES string of the molecule is CCc1nn(C)c(N2CCC(N(C)C(C)=O)CC2)c1[N+](=O)[O-]. The van der Waals surface area contributed by atoms with E-state index in [1.807, 2.05) is 18.9 Å². The van der Waals surface area contributed by atoms with Crippen LogP contribution in [-0.2, 0) is 18.3 Å². The Bertz CT molecular complexity index is 575. The highest BCUT2D eigenvalue weighted by Gasteiger charge is 2.32. The third-order valence-electron chi connectivity index (χ3n) is 4.39. The molecular weight excluding hydrogens is 286 g/mol. The molecule has 1 fully saturated rings. The van der Waals surface area contributed by atoms with Gasteiger partial charge in [-0.15, -0.1) is 0 Å². The normalized spacial score (nSPS) is 15.9. The van der Waals surface area contributed by atoms with E-state index < -0.39 is 0 Å². The Balaban J connectivity index is 2.20. The van der Waals surface area contributed by atoms with E-state index in [1.54, 1.807) is 23.6 Å². The summed E-state index contributed by atoms with van der Waals surface area (Å²) < 4.78 is 1.60. The highest BCUT2D eigenvalue weighted by molar-refractivity contribution is 5.73. The number of nitrogens with zero attached hydrogens (tertiary/aromatic N) is 5. The smallest absolute Gasteiger partial charge is 0.334 e. The summed E-state index contributed by atoms with van der Waals surface area (Å²) in [4.78, 5) is 26.3. The van der Waals surface area contributed by atoms with Gasteiger partial charge in [0, 0.05) is 40.2 Å². The van der Waals surface area contributed by atoms with Crippen LogP contribution in [0.15, 0.2) is 0 Å². The van der Waals surface area contributed by atoms with Crippen molar-refractivity contribution in [2.75, 3.05) is 25.0 Å². The van der Waals surface area contributed by atoms with Crippen molar-refractivity contribution in [1.29, 1.82) is 0 Å². The Morgan fingerprint density at radius 3 is 2.50 bits per heavy atom. The van der Waals surface area contributed by atoms with Crippen LogP contribution in [0.5, 0.6) is 0 Å². The summed E-state index contributed by atoms with van der Waals surface area (Å²) in [6, 6.07) is 0.201. The maximum Gasteiger partial charge on any atom is 0.334 e. The second kappa shape index (κ2) is 6.33. The van der Waals surface area contributed by atoms with Gasteiger partial charge in [-0.2, -0.15) is 5.10 Å². The zero-order valence-corrected chi connectivity index (χ0v) is 13.6. The van der Waals surface area contributed by atoms with Gasteiger partial charge in [0.2, 0.25) is 11.7 Å². The van der Waals surface area contributed by atoms with Crippen molar-refractivity contribution in [1.82, 2.24) is 14.7 Å². The van der Waals surface area contributed by atoms with Crippen LogP contribution in [0.2, 0.25) is 0 Å². The Labute approximate surface area is 129 Å². The first-order valence-corrected chi connectivity index (χ1v) is 7.55. The summed E-state index contributed by atoms with van der Waals surface area (Å²) in [5.74, 6) is 0.629. The second-order valence-electron chi connectivity index (χ2n) is 5.70. The molecule has 1 aromatic rings. The van der Waals surface area contributed by atoms with Crippen molar-refractivity contribution in [2.45, 2.75) is 39.2 Å². The van der Waals surface area contributed by atoms with E-state index in [-0.39, 0.29) is 22.6 Å². The molecular formula is C14H23N5O3. The van der Waals surface area contributed by atoms with Gasteiger partial charge < -0.3 is 9.80 Å². The zero-order valence-electron chi connectivity index (χ0n) is 13.6. The average Bonchev–Trinajstić information content (AvgIpc) is 2.83. The summed E-state index contributed by atoms with van der Waals surface area (Å²) in [7, 11) is 3.56. The minimum Gasteiger partial charge on any atom is -0.351 e. The molecule has 0 aliphatic carbocycles. The number of carbonyl (C=O) groups excluding carboxylic acids is 1. The Morgan fingerprint density at radius 1 is 1.45 bits per heavy atom. The largest absolute Gasteiger partial charge is 0.351 e. The number of anilines is 1. The molecule has 0 spiro atoms. The van der Waals surface area contributed by atoms with Gasteiger partial charge in [-0.05, 0) is 19.3 Å². The third kappa shape index (κ3) is 2.90. The molecule has 1 aliphatic heterocycles. The first-order valence-electron chi connectivity index (χ1n) is 7.55. The lowest BCUT2D eigenvalue weighted by molar-refractivity contribution is -0.384. The average molecular weight is 309 g/mol. The number of hydrogen-bond acceptors (Lipinski definition) is 5. The summed E-state index contributed by atoms with van der Waals surface area (Å²) >= 11 is 0. The number of aryl methyl sites for hydroxylation is 2. The molecule has 0 saturated carbocycles. The molecule has 2 rings (SSSR count). The Hall–Kier alpha value is -2.12. The molecule has 1 aromatic heterocycles. The van der Waals surface area contributed by atoms with Crippen molar-refractivity contribution in [3.05, 3.63) is 15.8 Å². The molecule has 0 unspecified atom stereocenters. The minimum atomic E-state index is -0.338. The van der Waals surface area contributed by atoms with Crippen molar-refractivity contribution in [3.63, 3.8) is 0 Å². The summed E-state index contributed by atoms with van der Waals surface area (Å²) in [5.41, 5.74) is 0.633. The lowest BCUT2D eigenvalue weighted by Crippen LogP contribution is -2.45. The van der Waals surface area contributed by atoms with E-state index in [0.29, 0.717) is 31.0 Å². The monoisotopic (exact) mass is 309 g/mol. The fraction of sp³-hybridized carbons (Fsp3) is 0.714. The zero-order chi connectivity index (χ0) is 16.4. The summed E-state index contributed by atoms with van der Waals surface area (Å²) in [6.45, 7) is 4.80. The first-order chi connectivity index (χ1) is 10.4. The Kier molecular flexibility index (Phi) is 4.68. The molecule has 2 heterocycles. The first kappa shape index (κ1) is 16.3. The van der Waals surface area contributed by atoms with Crippen LogP contribution in [0.25, 0.3) is 0 Å². The van der Waals surface area contributed by atoms with Crippen molar-refractivity contribution in [2.24, 2.45) is 7.05 Å². The molecule has 0 aromatic carbocycles. The molecule has 8 heteroatoms. The standard InChI is InChI=1S/C14H23N5O3/c1-5-12-13(19(21)22)14(17(4)15-12)18-8-6-11(7-9-18)16(3)10(2)20/h11H,5-9H2,1-4H3. The number of carbonyl (C=O) groups is 1. The van der Waals surface area contributed by atoms with Gasteiger partial charge in [0.05, 0.1) is 4.92 Å². The fourth-order valence-corrected chi connectivity index (χ4v) is 3.06. The predicted molar refractivity (Wildman–Crippen MR) is 82.9 cm³/mol. The van der Waals surface area contributed by atoms with Gasteiger partial charge in [-0.3, -0.25) is 14.9 Å². The van der Waals surface area contributed by atoms with E-state index >= 15 is 0 Å². The summed E-state index contributed by atoms with van der Waals surface area (Å²) in [5, 5.41) is 15.7. The molecule has 0 radical (unpaired) electrons. The number of piperidine rings is 1. The van der Waals surface area contributed by atoms with Gasteiger partial charge in [0.1, 0.15) is 5.69 Å². The highest BCUT2D eigenvalue weighted by Crippen LogP contribution is 2.33. The van der Waals surface area contributed by atoms with Gasteiger partial charge in [-0.25, -0.2) is 4.68 Å². The third-order valence-corrected chi connectivity index (χ3v) is 4.39. The minimum absolute atomic E-state index is 0.0539. The molecule has 0 bridgehead atoms. The van der Waals surface area contributed by atoms with Crippen LogP contribution < -0.4 is 4.90 Å². The topological polar surface area (TPSA) is 84.5 Å². The predicted octanol–water partition coefficient (Wildman–Crippen LogP) is 1.34. The Morgan fingerprint density at radius 2 is 2.05 bits per heavy atom. The maximum atomic E-state index is 11.4. The van der Waals surface area contributed by atoms with E-state index in [4.69, 9.17) is 0 Å². The molecule has 1 saturated heterocycles. The second-order valence-corrected chi connectivity index (χ2v) is 5.70. The molecule has 1 amide bonds. The van der Waals surface area contributed by atoms with Crippen LogP contribution >= 0.6 is 0 Å². The van der Waals surface area contributed by atoms with Crippen LogP contribution in [0.4, 0.5) is 11.5 Å². The van der Waals surface area contributed by atoms with Gasteiger partial charge in [0.15, 0.2) is 0 Å². The molecule has 22 heavy (non-hydrogen) atoms. The van der Waals surface area contributed by atoms with E-state index in [9.17, 15) is 14.9 Å².